The van der Waals surface area contributed by atoms with Crippen molar-refractivity contribution in [2.24, 2.45) is 23.7 Å². The van der Waals surface area contributed by atoms with Crippen molar-refractivity contribution in [3.05, 3.63) is 0 Å². The van der Waals surface area contributed by atoms with Gasteiger partial charge in [0.25, 0.3) is 0 Å². The summed E-state index contributed by atoms with van der Waals surface area (Å²) in [4.78, 5) is 11.6. The van der Waals surface area contributed by atoms with Crippen molar-refractivity contribution in [2.45, 2.75) is 63.8 Å². The third-order valence-corrected chi connectivity index (χ3v) is 6.09. The molecule has 8 atom stereocenters. The predicted molar refractivity (Wildman–Crippen MR) is 69.3 cm³/mol. The minimum Gasteiger partial charge on any atom is -0.393 e. The second kappa shape index (κ2) is 4.17. The highest BCUT2D eigenvalue weighted by Crippen LogP contribution is 2.59. The van der Waals surface area contributed by atoms with Gasteiger partial charge in [-0.25, -0.2) is 9.78 Å². The summed E-state index contributed by atoms with van der Waals surface area (Å²) in [5, 5.41) is 10.4. The van der Waals surface area contributed by atoms with Crippen molar-refractivity contribution in [2.75, 3.05) is 6.61 Å². The first-order chi connectivity index (χ1) is 9.46. The fourth-order valence-electron chi connectivity index (χ4n) is 4.83. The SMILES string of the molecule is C[C@@H]1[C@@H](O)C[C@H]2[C@@H](C)CO[C@@H]3O[C@@]4(C)CC[C@@H]1[C@@]32OO4. The average molecular weight is 284 g/mol. The van der Waals surface area contributed by atoms with E-state index in [4.69, 9.17) is 19.2 Å². The molecular weight excluding hydrogens is 260 g/mol. The van der Waals surface area contributed by atoms with Gasteiger partial charge in [-0.1, -0.05) is 13.8 Å². The molecule has 0 aromatic heterocycles. The number of rotatable bonds is 0. The van der Waals surface area contributed by atoms with E-state index in [1.165, 1.54) is 0 Å². The summed E-state index contributed by atoms with van der Waals surface area (Å²) < 4.78 is 12.1. The summed E-state index contributed by atoms with van der Waals surface area (Å²) >= 11 is 0. The Balaban J connectivity index is 1.82. The van der Waals surface area contributed by atoms with Crippen molar-refractivity contribution in [1.29, 1.82) is 0 Å². The second-order valence-electron chi connectivity index (χ2n) is 7.33. The molecule has 5 nitrogen and oxygen atoms in total. The predicted octanol–water partition coefficient (Wildman–Crippen LogP) is 1.84. The molecule has 0 radical (unpaired) electrons. The monoisotopic (exact) mass is 284 g/mol. The van der Waals surface area contributed by atoms with Gasteiger partial charge in [-0.05, 0) is 31.6 Å². The molecule has 20 heavy (non-hydrogen) atoms. The Morgan fingerprint density at radius 3 is 2.75 bits per heavy atom. The van der Waals surface area contributed by atoms with Gasteiger partial charge in [0.15, 0.2) is 11.9 Å². The Labute approximate surface area is 119 Å². The standard InChI is InChI=1S/C15H24O5/c1-8-7-17-13-15-10(9(2)12(16)6-11(8)15)4-5-14(3,18-13)19-20-15/h8-13,16H,4-7H2,1-3H3/t8-,9-,10-,11-,12-,13+,14+,15-/m0/s1. The third kappa shape index (κ3) is 1.56. The lowest BCUT2D eigenvalue weighted by atomic mass is 9.57. The maximum Gasteiger partial charge on any atom is 0.201 e. The zero-order valence-electron chi connectivity index (χ0n) is 12.4. The summed E-state index contributed by atoms with van der Waals surface area (Å²) in [5.74, 6) is 0.234. The molecule has 5 heteroatoms. The van der Waals surface area contributed by atoms with Gasteiger partial charge in [0.1, 0.15) is 0 Å². The molecule has 1 N–H and O–H groups in total. The molecule has 0 amide bonds. The first-order valence-electron chi connectivity index (χ1n) is 7.80. The van der Waals surface area contributed by atoms with Gasteiger partial charge in [0, 0.05) is 18.3 Å². The fourth-order valence-corrected chi connectivity index (χ4v) is 4.83. The summed E-state index contributed by atoms with van der Waals surface area (Å²) in [6.07, 6.45) is 1.81. The van der Waals surface area contributed by atoms with Crippen LogP contribution in [0.2, 0.25) is 0 Å². The maximum atomic E-state index is 10.4. The lowest BCUT2D eigenvalue weighted by Gasteiger charge is -2.59. The van der Waals surface area contributed by atoms with E-state index >= 15 is 0 Å². The highest BCUT2D eigenvalue weighted by atomic mass is 17.3. The van der Waals surface area contributed by atoms with Crippen LogP contribution in [-0.4, -0.2) is 35.5 Å². The number of ether oxygens (including phenoxy) is 2. The third-order valence-electron chi connectivity index (χ3n) is 6.09. The summed E-state index contributed by atoms with van der Waals surface area (Å²) in [5.41, 5.74) is -0.549. The molecule has 4 aliphatic heterocycles. The van der Waals surface area contributed by atoms with Crippen LogP contribution < -0.4 is 0 Å². The van der Waals surface area contributed by atoms with Crippen LogP contribution in [0, 0.1) is 23.7 Å². The second-order valence-corrected chi connectivity index (χ2v) is 7.33. The molecular formula is C15H24O5. The average Bonchev–Trinajstić information content (AvgIpc) is 2.64. The first kappa shape index (κ1) is 13.5. The molecule has 0 aromatic rings. The van der Waals surface area contributed by atoms with Gasteiger partial charge < -0.3 is 14.6 Å². The molecule has 1 aliphatic carbocycles. The van der Waals surface area contributed by atoms with E-state index in [0.29, 0.717) is 12.5 Å². The van der Waals surface area contributed by atoms with Crippen LogP contribution >= 0.6 is 0 Å². The minimum absolute atomic E-state index is 0.176. The number of aliphatic hydroxyl groups excluding tert-OH is 1. The van der Waals surface area contributed by atoms with Crippen LogP contribution in [0.15, 0.2) is 0 Å². The van der Waals surface area contributed by atoms with Gasteiger partial charge in [0.05, 0.1) is 12.7 Å². The van der Waals surface area contributed by atoms with Gasteiger partial charge in [-0.3, -0.25) is 0 Å². The maximum absolute atomic E-state index is 10.4. The molecule has 1 spiro atoms. The molecule has 5 rings (SSSR count). The van der Waals surface area contributed by atoms with Crippen LogP contribution in [0.1, 0.15) is 40.0 Å². The minimum atomic E-state index is -0.719. The number of fused-ring (bicyclic) bond motifs is 2. The van der Waals surface area contributed by atoms with Gasteiger partial charge in [-0.2, -0.15) is 0 Å². The van der Waals surface area contributed by atoms with Crippen molar-refractivity contribution >= 4 is 0 Å². The molecule has 2 bridgehead atoms. The molecule has 4 saturated heterocycles. The van der Waals surface area contributed by atoms with E-state index < -0.39 is 11.4 Å². The Bertz CT molecular complexity index is 411. The van der Waals surface area contributed by atoms with Crippen LogP contribution in [-0.2, 0) is 19.2 Å². The zero-order valence-corrected chi connectivity index (χ0v) is 12.4. The fraction of sp³-hybridized carbons (Fsp3) is 1.00. The molecule has 4 heterocycles. The summed E-state index contributed by atoms with van der Waals surface area (Å²) in [7, 11) is 0. The van der Waals surface area contributed by atoms with Crippen LogP contribution in [0.25, 0.3) is 0 Å². The van der Waals surface area contributed by atoms with Crippen LogP contribution in [0.4, 0.5) is 0 Å². The van der Waals surface area contributed by atoms with Crippen molar-refractivity contribution in [3.8, 4) is 0 Å². The van der Waals surface area contributed by atoms with E-state index in [0.717, 1.165) is 19.3 Å². The Morgan fingerprint density at radius 1 is 1.15 bits per heavy atom. The van der Waals surface area contributed by atoms with E-state index in [2.05, 4.69) is 13.8 Å². The Morgan fingerprint density at radius 2 is 1.95 bits per heavy atom. The molecule has 0 unspecified atom stereocenters. The number of aliphatic hydroxyl groups is 1. The normalized spacial score (nSPS) is 61.8. The molecule has 0 aromatic carbocycles. The molecule has 5 aliphatic rings. The van der Waals surface area contributed by atoms with E-state index in [1.807, 2.05) is 6.92 Å². The van der Waals surface area contributed by atoms with E-state index in [-0.39, 0.29) is 30.1 Å². The molecule has 5 fully saturated rings. The highest BCUT2D eigenvalue weighted by molar-refractivity contribution is 5.10. The van der Waals surface area contributed by atoms with Gasteiger partial charge in [0.2, 0.25) is 5.79 Å². The molecule has 1 saturated carbocycles. The van der Waals surface area contributed by atoms with E-state index in [1.54, 1.807) is 0 Å². The van der Waals surface area contributed by atoms with Crippen LogP contribution in [0.3, 0.4) is 0 Å². The quantitative estimate of drug-likeness (QED) is 0.688. The van der Waals surface area contributed by atoms with Crippen molar-refractivity contribution in [3.63, 3.8) is 0 Å². The summed E-state index contributed by atoms with van der Waals surface area (Å²) in [6.45, 7) is 6.84. The number of hydrogen-bond donors (Lipinski definition) is 1. The van der Waals surface area contributed by atoms with Crippen molar-refractivity contribution < 1.29 is 24.4 Å². The van der Waals surface area contributed by atoms with Crippen LogP contribution in [0.5, 0.6) is 0 Å². The lowest BCUT2D eigenvalue weighted by molar-refractivity contribution is -0.568. The largest absolute Gasteiger partial charge is 0.393 e. The van der Waals surface area contributed by atoms with Crippen molar-refractivity contribution in [1.82, 2.24) is 0 Å². The highest BCUT2D eigenvalue weighted by Gasteiger charge is 2.69. The topological polar surface area (TPSA) is 57.2 Å². The van der Waals surface area contributed by atoms with E-state index in [9.17, 15) is 5.11 Å². The summed E-state index contributed by atoms with van der Waals surface area (Å²) in [6, 6.07) is 0. The van der Waals surface area contributed by atoms with Gasteiger partial charge >= 0.3 is 0 Å². The first-order valence-corrected chi connectivity index (χ1v) is 7.80. The zero-order chi connectivity index (χ0) is 14.1. The molecule has 114 valence electrons. The Kier molecular flexibility index (Phi) is 2.81. The van der Waals surface area contributed by atoms with Gasteiger partial charge in [-0.15, -0.1) is 0 Å². The Hall–Kier alpha value is -0.200. The smallest absolute Gasteiger partial charge is 0.201 e. The lowest BCUT2D eigenvalue weighted by Crippen LogP contribution is -2.70. The number of hydrogen-bond acceptors (Lipinski definition) is 5.